The number of aromatic nitrogens is 2. The standard InChI is InChI=1S/C15H22N2O4S/c1-11-12(8-20-13(18)9-22)16-10-17(11)14(19)21-15(2)6-4-3-5-7-15/h10,22H,3-9H2,1-2H3. The average molecular weight is 326 g/mol. The van der Waals surface area contributed by atoms with Crippen LogP contribution in [-0.2, 0) is 20.9 Å². The Morgan fingerprint density at radius 3 is 2.68 bits per heavy atom. The summed E-state index contributed by atoms with van der Waals surface area (Å²) in [6.45, 7) is 3.76. The Hall–Kier alpha value is -1.50. The Morgan fingerprint density at radius 1 is 1.36 bits per heavy atom. The quantitative estimate of drug-likeness (QED) is 0.680. The van der Waals surface area contributed by atoms with Crippen LogP contribution in [0.3, 0.4) is 0 Å². The van der Waals surface area contributed by atoms with Gasteiger partial charge in [0.1, 0.15) is 18.5 Å². The maximum Gasteiger partial charge on any atom is 0.420 e. The van der Waals surface area contributed by atoms with Crippen molar-refractivity contribution in [3.63, 3.8) is 0 Å². The molecular formula is C15H22N2O4S. The molecule has 0 amide bonds. The minimum absolute atomic E-state index is 0.0140. The molecule has 6 nitrogen and oxygen atoms in total. The summed E-state index contributed by atoms with van der Waals surface area (Å²) in [5.74, 6) is -0.408. The Bertz CT molecular complexity index is 550. The van der Waals surface area contributed by atoms with E-state index in [0.29, 0.717) is 11.4 Å². The smallest absolute Gasteiger partial charge is 0.420 e. The number of carbonyl (C=O) groups excluding carboxylic acids is 2. The molecule has 2 rings (SSSR count). The van der Waals surface area contributed by atoms with Crippen molar-refractivity contribution in [1.82, 2.24) is 9.55 Å². The molecule has 7 heteroatoms. The molecule has 0 spiro atoms. The maximum absolute atomic E-state index is 12.3. The average Bonchev–Trinajstić information content (AvgIpc) is 2.86. The first kappa shape index (κ1) is 16.9. The highest BCUT2D eigenvalue weighted by atomic mass is 32.1. The minimum Gasteiger partial charge on any atom is -0.458 e. The van der Waals surface area contributed by atoms with E-state index in [1.54, 1.807) is 6.92 Å². The molecule has 0 atom stereocenters. The summed E-state index contributed by atoms with van der Waals surface area (Å²) in [6.07, 6.45) is 6.11. The number of hydrogen-bond donors (Lipinski definition) is 1. The van der Waals surface area contributed by atoms with Gasteiger partial charge in [-0.25, -0.2) is 14.3 Å². The molecule has 122 valence electrons. The van der Waals surface area contributed by atoms with Crippen LogP contribution in [0.1, 0.15) is 50.4 Å². The second kappa shape index (κ2) is 7.17. The highest BCUT2D eigenvalue weighted by Gasteiger charge is 2.31. The first-order chi connectivity index (χ1) is 10.4. The zero-order valence-electron chi connectivity index (χ0n) is 13.0. The fraction of sp³-hybridized carbons (Fsp3) is 0.667. The molecule has 1 saturated carbocycles. The fourth-order valence-corrected chi connectivity index (χ4v) is 2.72. The van der Waals surface area contributed by atoms with Crippen molar-refractivity contribution in [1.29, 1.82) is 0 Å². The minimum atomic E-state index is -0.429. The van der Waals surface area contributed by atoms with Gasteiger partial charge in [-0.05, 0) is 39.5 Å². The first-order valence-corrected chi connectivity index (χ1v) is 8.11. The molecule has 0 aromatic carbocycles. The summed E-state index contributed by atoms with van der Waals surface area (Å²) in [5.41, 5.74) is 0.766. The van der Waals surface area contributed by atoms with Crippen molar-refractivity contribution < 1.29 is 19.1 Å². The lowest BCUT2D eigenvalue weighted by molar-refractivity contribution is -0.141. The third-order valence-corrected chi connectivity index (χ3v) is 4.31. The molecule has 0 aliphatic heterocycles. The molecule has 1 fully saturated rings. The molecule has 1 heterocycles. The molecule has 0 saturated heterocycles. The van der Waals surface area contributed by atoms with E-state index < -0.39 is 17.7 Å². The highest BCUT2D eigenvalue weighted by Crippen LogP contribution is 2.31. The van der Waals surface area contributed by atoms with Gasteiger partial charge in [0.05, 0.1) is 17.1 Å². The van der Waals surface area contributed by atoms with Crippen LogP contribution >= 0.6 is 12.6 Å². The highest BCUT2D eigenvalue weighted by molar-refractivity contribution is 7.81. The number of hydrogen-bond acceptors (Lipinski definition) is 6. The normalized spacial score (nSPS) is 17.0. The molecule has 0 N–H and O–H groups in total. The summed E-state index contributed by atoms with van der Waals surface area (Å²) in [6, 6.07) is 0. The molecule has 1 aliphatic carbocycles. The zero-order valence-corrected chi connectivity index (χ0v) is 13.9. The lowest BCUT2D eigenvalue weighted by Gasteiger charge is -2.33. The third-order valence-electron chi connectivity index (χ3n) is 4.05. The van der Waals surface area contributed by atoms with Gasteiger partial charge in [-0.2, -0.15) is 12.6 Å². The van der Waals surface area contributed by atoms with Gasteiger partial charge in [0.2, 0.25) is 0 Å². The zero-order chi connectivity index (χ0) is 16.2. The molecule has 1 aromatic heterocycles. The lowest BCUT2D eigenvalue weighted by Crippen LogP contribution is -2.35. The van der Waals surface area contributed by atoms with E-state index in [9.17, 15) is 9.59 Å². The maximum atomic E-state index is 12.3. The Morgan fingerprint density at radius 2 is 2.05 bits per heavy atom. The predicted octanol–water partition coefficient (Wildman–Crippen LogP) is 2.87. The number of thiol groups is 1. The SMILES string of the molecule is Cc1c(COC(=O)CS)ncn1C(=O)OC1(C)CCCCC1. The van der Waals surface area contributed by atoms with Crippen LogP contribution in [0.25, 0.3) is 0 Å². The number of esters is 1. The lowest BCUT2D eigenvalue weighted by atomic mass is 9.86. The van der Waals surface area contributed by atoms with Crippen molar-refractivity contribution in [3.8, 4) is 0 Å². The molecule has 0 radical (unpaired) electrons. The fourth-order valence-electron chi connectivity index (χ4n) is 2.63. The monoisotopic (exact) mass is 326 g/mol. The Balaban J connectivity index is 2.01. The van der Waals surface area contributed by atoms with Crippen molar-refractivity contribution in [2.45, 2.75) is 58.2 Å². The van der Waals surface area contributed by atoms with Gasteiger partial charge in [-0.15, -0.1) is 0 Å². The van der Waals surface area contributed by atoms with Crippen LogP contribution in [0.5, 0.6) is 0 Å². The number of carbonyl (C=O) groups is 2. The van der Waals surface area contributed by atoms with E-state index in [2.05, 4.69) is 17.6 Å². The van der Waals surface area contributed by atoms with Crippen molar-refractivity contribution in [3.05, 3.63) is 17.7 Å². The van der Waals surface area contributed by atoms with E-state index in [4.69, 9.17) is 9.47 Å². The summed E-state index contributed by atoms with van der Waals surface area (Å²) in [5, 5.41) is 0. The predicted molar refractivity (Wildman–Crippen MR) is 84.0 cm³/mol. The van der Waals surface area contributed by atoms with E-state index in [1.165, 1.54) is 17.3 Å². The molecule has 0 unspecified atom stereocenters. The molecule has 22 heavy (non-hydrogen) atoms. The third kappa shape index (κ3) is 4.03. The molecule has 1 aliphatic rings. The summed E-state index contributed by atoms with van der Waals surface area (Å²) < 4.78 is 12.0. The van der Waals surface area contributed by atoms with Crippen LogP contribution < -0.4 is 0 Å². The molecular weight excluding hydrogens is 304 g/mol. The van der Waals surface area contributed by atoms with Gasteiger partial charge in [-0.1, -0.05) is 6.42 Å². The van der Waals surface area contributed by atoms with Crippen molar-refractivity contribution in [2.24, 2.45) is 0 Å². The van der Waals surface area contributed by atoms with E-state index >= 15 is 0 Å². The largest absolute Gasteiger partial charge is 0.458 e. The number of nitrogens with zero attached hydrogens (tertiary/aromatic N) is 2. The van der Waals surface area contributed by atoms with Gasteiger partial charge >= 0.3 is 12.1 Å². The summed E-state index contributed by atoms with van der Waals surface area (Å²) in [4.78, 5) is 27.6. The number of imidazole rings is 1. The van der Waals surface area contributed by atoms with Gasteiger partial charge in [0.15, 0.2) is 0 Å². The van der Waals surface area contributed by atoms with E-state index in [0.717, 1.165) is 25.7 Å². The Kier molecular flexibility index (Phi) is 5.50. The Labute approximate surface area is 135 Å². The number of rotatable bonds is 4. The molecule has 0 bridgehead atoms. The van der Waals surface area contributed by atoms with E-state index in [-0.39, 0.29) is 12.4 Å². The van der Waals surface area contributed by atoms with Gasteiger partial charge < -0.3 is 9.47 Å². The first-order valence-electron chi connectivity index (χ1n) is 7.48. The van der Waals surface area contributed by atoms with Gasteiger partial charge in [0.25, 0.3) is 0 Å². The van der Waals surface area contributed by atoms with Crippen LogP contribution in [0.2, 0.25) is 0 Å². The van der Waals surface area contributed by atoms with Gasteiger partial charge in [0, 0.05) is 0 Å². The topological polar surface area (TPSA) is 70.4 Å². The molecule has 1 aromatic rings. The number of ether oxygens (including phenoxy) is 2. The van der Waals surface area contributed by atoms with Gasteiger partial charge in [-0.3, -0.25) is 4.79 Å². The van der Waals surface area contributed by atoms with Crippen molar-refractivity contribution in [2.75, 3.05) is 5.75 Å². The van der Waals surface area contributed by atoms with Crippen molar-refractivity contribution >= 4 is 24.7 Å². The van der Waals surface area contributed by atoms with E-state index in [1.807, 2.05) is 6.92 Å². The van der Waals surface area contributed by atoms with Crippen LogP contribution in [-0.4, -0.2) is 33.0 Å². The summed E-state index contributed by atoms with van der Waals surface area (Å²) in [7, 11) is 0. The second-order valence-corrected chi connectivity index (χ2v) is 6.16. The summed E-state index contributed by atoms with van der Waals surface area (Å²) >= 11 is 3.83. The van der Waals surface area contributed by atoms with Crippen LogP contribution in [0.15, 0.2) is 6.33 Å². The van der Waals surface area contributed by atoms with Crippen LogP contribution in [0, 0.1) is 6.92 Å². The second-order valence-electron chi connectivity index (χ2n) is 5.84. The van der Waals surface area contributed by atoms with Crippen LogP contribution in [0.4, 0.5) is 4.79 Å².